The summed E-state index contributed by atoms with van der Waals surface area (Å²) in [6.07, 6.45) is 0.0636. The first kappa shape index (κ1) is 21.5. The maximum Gasteiger partial charge on any atom is 0.410 e. The van der Waals surface area contributed by atoms with Crippen molar-refractivity contribution in [2.24, 2.45) is 0 Å². The van der Waals surface area contributed by atoms with Crippen LogP contribution in [0.5, 0.6) is 0 Å². The van der Waals surface area contributed by atoms with Gasteiger partial charge < -0.3 is 19.6 Å². The molecule has 1 aromatic carbocycles. The zero-order chi connectivity index (χ0) is 22.0. The molecule has 0 aliphatic carbocycles. The lowest BCUT2D eigenvalue weighted by atomic mass is 10.1. The summed E-state index contributed by atoms with van der Waals surface area (Å²) in [7, 11) is 0. The zero-order valence-corrected chi connectivity index (χ0v) is 18.8. The third kappa shape index (κ3) is 3.48. The Hall–Kier alpha value is -1.78. The van der Waals surface area contributed by atoms with Gasteiger partial charge in [0.25, 0.3) is 0 Å². The first-order valence-corrected chi connectivity index (χ1v) is 10.6. The molecule has 4 rings (SSSR count). The number of amides is 1. The van der Waals surface area contributed by atoms with E-state index in [2.05, 4.69) is 25.9 Å². The number of halogens is 4. The molecule has 7 nitrogen and oxygen atoms in total. The number of aliphatic hydroxyl groups excluding tert-OH is 1. The van der Waals surface area contributed by atoms with Crippen LogP contribution in [0.4, 0.5) is 19.4 Å². The van der Waals surface area contributed by atoms with Gasteiger partial charge in [0.1, 0.15) is 22.8 Å². The highest BCUT2D eigenvalue weighted by Crippen LogP contribution is 2.43. The smallest absolute Gasteiger partial charge is 0.410 e. The highest BCUT2D eigenvalue weighted by atomic mass is 79.9. The van der Waals surface area contributed by atoms with Gasteiger partial charge in [0, 0.05) is 6.54 Å². The first-order valence-electron chi connectivity index (χ1n) is 9.41. The van der Waals surface area contributed by atoms with Crippen LogP contribution in [0.2, 0.25) is 5.28 Å². The lowest BCUT2D eigenvalue weighted by molar-refractivity contribution is 0.0162. The average Bonchev–Trinajstić information content (AvgIpc) is 3.22. The minimum absolute atomic E-state index is 0.0778. The van der Waals surface area contributed by atoms with Crippen molar-refractivity contribution >= 4 is 50.3 Å². The number of anilines is 1. The molecule has 162 valence electrons. The highest BCUT2D eigenvalue weighted by Gasteiger charge is 2.53. The Bertz CT molecular complexity index is 1040. The van der Waals surface area contributed by atoms with Crippen molar-refractivity contribution in [2.75, 3.05) is 18.1 Å². The Morgan fingerprint density at radius 1 is 1.40 bits per heavy atom. The van der Waals surface area contributed by atoms with Crippen LogP contribution >= 0.6 is 27.5 Å². The Kier molecular flexibility index (Phi) is 5.31. The minimum atomic E-state index is -0.753. The van der Waals surface area contributed by atoms with Crippen molar-refractivity contribution in [2.45, 2.75) is 50.9 Å². The largest absolute Gasteiger partial charge is 0.444 e. The predicted molar refractivity (Wildman–Crippen MR) is 111 cm³/mol. The number of fused-ring (bicyclic) bond motifs is 3. The summed E-state index contributed by atoms with van der Waals surface area (Å²) in [5.74, 6) is -1.37. The molecule has 1 amide bonds. The Labute approximate surface area is 185 Å². The van der Waals surface area contributed by atoms with E-state index in [0.29, 0.717) is 13.0 Å². The van der Waals surface area contributed by atoms with Crippen molar-refractivity contribution in [1.29, 1.82) is 0 Å². The standard InChI is InChI=1S/C19H20BrClF2N4O3/c1-19(2,3)30-18(29)26-6-8-4-11(26)12(7-28)27(8)16-13-10(22)5-9(20)14(23)15(13)24-17(21)25-16/h5,8,11-12,28H,4,6-7H2,1-3H3/t8-,11-,12-/m0/s1. The van der Waals surface area contributed by atoms with Crippen LogP contribution < -0.4 is 4.90 Å². The van der Waals surface area contributed by atoms with Gasteiger partial charge in [0.2, 0.25) is 5.28 Å². The molecule has 1 N–H and O–H groups in total. The number of aliphatic hydroxyl groups is 1. The quantitative estimate of drug-likeness (QED) is 0.493. The van der Waals surface area contributed by atoms with E-state index in [-0.39, 0.29) is 45.2 Å². The van der Waals surface area contributed by atoms with Gasteiger partial charge in [0.15, 0.2) is 5.82 Å². The van der Waals surface area contributed by atoms with Crippen LogP contribution in [-0.4, -0.2) is 62.9 Å². The SMILES string of the molecule is CC(C)(C)OC(=O)N1C[C@@H]2C[C@H]1[C@H](CO)N2c1nc(Cl)nc2c(F)c(Br)cc(F)c12. The van der Waals surface area contributed by atoms with Crippen molar-refractivity contribution in [1.82, 2.24) is 14.9 Å². The zero-order valence-electron chi connectivity index (χ0n) is 16.5. The minimum Gasteiger partial charge on any atom is -0.444 e. The first-order chi connectivity index (χ1) is 14.0. The van der Waals surface area contributed by atoms with Gasteiger partial charge in [-0.15, -0.1) is 0 Å². The number of carbonyl (C=O) groups excluding carboxylic acids is 1. The van der Waals surface area contributed by atoms with Crippen LogP contribution in [0.1, 0.15) is 27.2 Å². The fourth-order valence-electron chi connectivity index (χ4n) is 4.28. The normalized spacial score (nSPS) is 23.5. The number of aromatic nitrogens is 2. The van der Waals surface area contributed by atoms with E-state index in [1.807, 2.05) is 0 Å². The van der Waals surface area contributed by atoms with Crippen molar-refractivity contribution < 1.29 is 23.4 Å². The van der Waals surface area contributed by atoms with E-state index in [4.69, 9.17) is 16.3 Å². The molecular weight excluding hydrogens is 486 g/mol. The highest BCUT2D eigenvalue weighted by molar-refractivity contribution is 9.10. The number of piperazine rings is 1. The number of carbonyl (C=O) groups is 1. The lowest BCUT2D eigenvalue weighted by Crippen LogP contribution is -2.57. The molecule has 3 heterocycles. The fourth-order valence-corrected chi connectivity index (χ4v) is 4.84. The lowest BCUT2D eigenvalue weighted by Gasteiger charge is -2.41. The molecule has 2 aromatic rings. The Balaban J connectivity index is 1.76. The van der Waals surface area contributed by atoms with Crippen molar-refractivity contribution in [3.05, 3.63) is 27.5 Å². The fraction of sp³-hybridized carbons (Fsp3) is 0.526. The number of nitrogens with zero attached hydrogens (tertiary/aromatic N) is 4. The third-order valence-electron chi connectivity index (χ3n) is 5.35. The molecule has 30 heavy (non-hydrogen) atoms. The monoisotopic (exact) mass is 504 g/mol. The summed E-state index contributed by atoms with van der Waals surface area (Å²) in [5.41, 5.74) is -0.905. The molecule has 1 aromatic heterocycles. The van der Waals surface area contributed by atoms with E-state index in [1.165, 1.54) is 0 Å². The van der Waals surface area contributed by atoms with Gasteiger partial charge >= 0.3 is 6.09 Å². The molecular formula is C19H20BrClF2N4O3. The van der Waals surface area contributed by atoms with Crippen LogP contribution in [0.15, 0.2) is 10.5 Å². The Morgan fingerprint density at radius 3 is 2.73 bits per heavy atom. The molecule has 2 saturated heterocycles. The second-order valence-corrected chi connectivity index (χ2v) is 9.63. The molecule has 11 heteroatoms. The van der Waals surface area contributed by atoms with E-state index in [0.717, 1.165) is 6.07 Å². The average molecular weight is 506 g/mol. The molecule has 2 aliphatic rings. The van der Waals surface area contributed by atoms with Gasteiger partial charge in [-0.05, 0) is 60.8 Å². The molecule has 0 spiro atoms. The number of hydrogen-bond acceptors (Lipinski definition) is 6. The second-order valence-electron chi connectivity index (χ2n) is 8.44. The van der Waals surface area contributed by atoms with Crippen molar-refractivity contribution in [3.8, 4) is 0 Å². The second kappa shape index (κ2) is 7.42. The van der Waals surface area contributed by atoms with E-state index < -0.39 is 29.4 Å². The molecule has 2 aliphatic heterocycles. The summed E-state index contributed by atoms with van der Waals surface area (Å²) >= 11 is 9.00. The number of benzene rings is 1. The van der Waals surface area contributed by atoms with Crippen LogP contribution in [-0.2, 0) is 4.74 Å². The molecule has 0 unspecified atom stereocenters. The maximum absolute atomic E-state index is 14.8. The summed E-state index contributed by atoms with van der Waals surface area (Å²) in [5, 5.41) is 9.73. The predicted octanol–water partition coefficient (Wildman–Crippen LogP) is 3.88. The summed E-state index contributed by atoms with van der Waals surface area (Å²) < 4.78 is 34.9. The summed E-state index contributed by atoms with van der Waals surface area (Å²) in [6.45, 7) is 5.32. The number of likely N-dealkylation sites (tertiary alicyclic amines) is 1. The van der Waals surface area contributed by atoms with Gasteiger partial charge in [-0.1, -0.05) is 0 Å². The molecule has 2 fully saturated rings. The van der Waals surface area contributed by atoms with Gasteiger partial charge in [-0.2, -0.15) is 4.98 Å². The van der Waals surface area contributed by atoms with Crippen molar-refractivity contribution in [3.63, 3.8) is 0 Å². The van der Waals surface area contributed by atoms with Gasteiger partial charge in [-0.25, -0.2) is 18.6 Å². The number of rotatable bonds is 2. The van der Waals surface area contributed by atoms with Crippen LogP contribution in [0, 0.1) is 11.6 Å². The van der Waals surface area contributed by atoms with E-state index in [1.54, 1.807) is 30.6 Å². The topological polar surface area (TPSA) is 78.8 Å². The third-order valence-corrected chi connectivity index (χ3v) is 6.09. The number of hydrogen-bond donors (Lipinski definition) is 1. The summed E-state index contributed by atoms with van der Waals surface area (Å²) in [6, 6.07) is -0.188. The Morgan fingerprint density at radius 2 is 2.10 bits per heavy atom. The van der Waals surface area contributed by atoms with Gasteiger partial charge in [-0.3, -0.25) is 0 Å². The molecule has 0 saturated carbocycles. The van der Waals surface area contributed by atoms with Crippen LogP contribution in [0.25, 0.3) is 10.9 Å². The van der Waals surface area contributed by atoms with E-state index in [9.17, 15) is 18.7 Å². The molecule has 3 atom stereocenters. The van der Waals surface area contributed by atoms with E-state index >= 15 is 0 Å². The number of ether oxygens (including phenoxy) is 1. The van der Waals surface area contributed by atoms with Crippen LogP contribution in [0.3, 0.4) is 0 Å². The molecule has 0 radical (unpaired) electrons. The summed E-state index contributed by atoms with van der Waals surface area (Å²) in [4.78, 5) is 23.9. The van der Waals surface area contributed by atoms with Gasteiger partial charge in [0.05, 0.1) is 34.6 Å². The maximum atomic E-state index is 14.8. The molecule has 2 bridgehead atoms.